The Morgan fingerprint density at radius 3 is 2.41 bits per heavy atom. The summed E-state index contributed by atoms with van der Waals surface area (Å²) < 4.78 is 5.72. The summed E-state index contributed by atoms with van der Waals surface area (Å²) in [4.78, 5) is 11.5. The van der Waals surface area contributed by atoms with Crippen LogP contribution < -0.4 is 4.74 Å². The minimum absolute atomic E-state index is 0.383. The molecule has 3 nitrogen and oxygen atoms in total. The van der Waals surface area contributed by atoms with Crippen molar-refractivity contribution in [1.82, 2.24) is 0 Å². The molecular formula is C19H22O3. The van der Waals surface area contributed by atoms with Crippen LogP contribution in [0.3, 0.4) is 0 Å². The summed E-state index contributed by atoms with van der Waals surface area (Å²) in [6.45, 7) is 6.41. The quantitative estimate of drug-likeness (QED) is 0.867. The number of hydrogen-bond donors (Lipinski definition) is 1. The van der Waals surface area contributed by atoms with Crippen LogP contribution in [0.4, 0.5) is 0 Å². The SMILES string of the molecule is Cc1ccc(OCCC(C(=O)O)c2ccccc2C)cc1C. The highest BCUT2D eigenvalue weighted by molar-refractivity contribution is 5.76. The maximum absolute atomic E-state index is 11.5. The molecule has 116 valence electrons. The molecule has 2 aromatic rings. The number of aryl methyl sites for hydroxylation is 3. The van der Waals surface area contributed by atoms with Crippen LogP contribution in [0.2, 0.25) is 0 Å². The van der Waals surface area contributed by atoms with Crippen molar-refractivity contribution in [3.8, 4) is 5.75 Å². The van der Waals surface area contributed by atoms with Gasteiger partial charge in [-0.1, -0.05) is 30.3 Å². The normalized spacial score (nSPS) is 12.0. The number of carboxylic acid groups (broad SMARTS) is 1. The predicted molar refractivity (Wildman–Crippen MR) is 87.6 cm³/mol. The average molecular weight is 298 g/mol. The fraction of sp³-hybridized carbons (Fsp3) is 0.316. The Morgan fingerprint density at radius 2 is 1.77 bits per heavy atom. The molecule has 0 aliphatic heterocycles. The van der Waals surface area contributed by atoms with Crippen molar-refractivity contribution in [1.29, 1.82) is 0 Å². The smallest absolute Gasteiger partial charge is 0.311 e. The number of carbonyl (C=O) groups is 1. The number of ether oxygens (including phenoxy) is 1. The third kappa shape index (κ3) is 3.88. The van der Waals surface area contributed by atoms with Gasteiger partial charge in [0.05, 0.1) is 12.5 Å². The number of aliphatic carboxylic acids is 1. The minimum atomic E-state index is -0.807. The van der Waals surface area contributed by atoms with Crippen LogP contribution in [0.15, 0.2) is 42.5 Å². The average Bonchev–Trinajstić information content (AvgIpc) is 2.48. The van der Waals surface area contributed by atoms with E-state index < -0.39 is 11.9 Å². The molecule has 1 N–H and O–H groups in total. The maximum atomic E-state index is 11.5. The molecule has 22 heavy (non-hydrogen) atoms. The molecule has 0 saturated heterocycles. The maximum Gasteiger partial charge on any atom is 0.311 e. The fourth-order valence-corrected chi connectivity index (χ4v) is 2.49. The molecule has 0 aliphatic rings. The molecule has 0 fully saturated rings. The molecule has 1 unspecified atom stereocenters. The van der Waals surface area contributed by atoms with Crippen molar-refractivity contribution in [2.24, 2.45) is 0 Å². The molecule has 0 heterocycles. The number of hydrogen-bond acceptors (Lipinski definition) is 2. The highest BCUT2D eigenvalue weighted by Crippen LogP contribution is 2.24. The lowest BCUT2D eigenvalue weighted by molar-refractivity contribution is -0.139. The summed E-state index contributed by atoms with van der Waals surface area (Å²) in [6.07, 6.45) is 0.451. The van der Waals surface area contributed by atoms with E-state index in [-0.39, 0.29) is 0 Å². The van der Waals surface area contributed by atoms with Crippen molar-refractivity contribution >= 4 is 5.97 Å². The van der Waals surface area contributed by atoms with Crippen molar-refractivity contribution in [3.05, 3.63) is 64.7 Å². The Balaban J connectivity index is 2.02. The first-order chi connectivity index (χ1) is 10.5. The first kappa shape index (κ1) is 16.1. The van der Waals surface area contributed by atoms with E-state index >= 15 is 0 Å². The Bertz CT molecular complexity index is 661. The van der Waals surface area contributed by atoms with Gasteiger partial charge in [0, 0.05) is 0 Å². The number of benzene rings is 2. The zero-order valence-electron chi connectivity index (χ0n) is 13.3. The standard InChI is InChI=1S/C19H22O3/c1-13-8-9-16(12-15(13)3)22-11-10-18(19(20)21)17-7-5-4-6-14(17)2/h4-9,12,18H,10-11H2,1-3H3,(H,20,21). The van der Waals surface area contributed by atoms with E-state index in [1.165, 1.54) is 11.1 Å². The molecule has 0 bridgehead atoms. The van der Waals surface area contributed by atoms with Gasteiger partial charge in [-0.2, -0.15) is 0 Å². The van der Waals surface area contributed by atoms with Crippen LogP contribution in [0.25, 0.3) is 0 Å². The van der Waals surface area contributed by atoms with Crippen LogP contribution >= 0.6 is 0 Å². The van der Waals surface area contributed by atoms with Crippen molar-refractivity contribution in [2.45, 2.75) is 33.1 Å². The van der Waals surface area contributed by atoms with Gasteiger partial charge >= 0.3 is 5.97 Å². The summed E-state index contributed by atoms with van der Waals surface area (Å²) >= 11 is 0. The Morgan fingerprint density at radius 1 is 1.05 bits per heavy atom. The highest BCUT2D eigenvalue weighted by Gasteiger charge is 2.21. The zero-order valence-corrected chi connectivity index (χ0v) is 13.3. The van der Waals surface area contributed by atoms with Gasteiger partial charge in [0.15, 0.2) is 0 Å². The van der Waals surface area contributed by atoms with Crippen molar-refractivity contribution in [3.63, 3.8) is 0 Å². The molecule has 0 amide bonds. The van der Waals surface area contributed by atoms with Gasteiger partial charge in [-0.25, -0.2) is 0 Å². The molecule has 3 heteroatoms. The second-order valence-corrected chi connectivity index (χ2v) is 5.63. The van der Waals surface area contributed by atoms with Crippen molar-refractivity contribution < 1.29 is 14.6 Å². The van der Waals surface area contributed by atoms with Crippen LogP contribution in [0.5, 0.6) is 5.75 Å². The monoisotopic (exact) mass is 298 g/mol. The molecule has 0 saturated carbocycles. The molecule has 0 aromatic heterocycles. The Labute approximate surface area is 131 Å². The van der Waals surface area contributed by atoms with Gasteiger partial charge in [0.2, 0.25) is 0 Å². The predicted octanol–water partition coefficient (Wildman–Crippen LogP) is 4.25. The van der Waals surface area contributed by atoms with E-state index in [2.05, 4.69) is 6.92 Å². The van der Waals surface area contributed by atoms with Gasteiger partial charge in [-0.05, 0) is 61.6 Å². The Hall–Kier alpha value is -2.29. The molecule has 2 rings (SSSR count). The molecule has 1 atom stereocenters. The van der Waals surface area contributed by atoms with Crippen LogP contribution in [-0.2, 0) is 4.79 Å². The van der Waals surface area contributed by atoms with Crippen molar-refractivity contribution in [2.75, 3.05) is 6.61 Å². The van der Waals surface area contributed by atoms with Gasteiger partial charge in [-0.3, -0.25) is 4.79 Å². The summed E-state index contributed by atoms with van der Waals surface area (Å²) in [6, 6.07) is 13.5. The highest BCUT2D eigenvalue weighted by atomic mass is 16.5. The number of rotatable bonds is 6. The second kappa shape index (κ2) is 7.12. The Kier molecular flexibility index (Phi) is 5.21. The van der Waals surface area contributed by atoms with Gasteiger partial charge < -0.3 is 9.84 Å². The lowest BCUT2D eigenvalue weighted by Crippen LogP contribution is -2.16. The number of carboxylic acids is 1. The molecular weight excluding hydrogens is 276 g/mol. The topological polar surface area (TPSA) is 46.5 Å². The zero-order chi connectivity index (χ0) is 16.1. The van der Waals surface area contributed by atoms with Gasteiger partial charge in [-0.15, -0.1) is 0 Å². The van der Waals surface area contributed by atoms with Gasteiger partial charge in [0.25, 0.3) is 0 Å². The second-order valence-electron chi connectivity index (χ2n) is 5.63. The largest absolute Gasteiger partial charge is 0.494 e. The van der Waals surface area contributed by atoms with E-state index in [0.29, 0.717) is 13.0 Å². The fourth-order valence-electron chi connectivity index (χ4n) is 2.49. The van der Waals surface area contributed by atoms with E-state index in [0.717, 1.165) is 16.9 Å². The van der Waals surface area contributed by atoms with Crippen LogP contribution in [-0.4, -0.2) is 17.7 Å². The third-order valence-electron chi connectivity index (χ3n) is 4.02. The molecule has 0 spiro atoms. The summed E-state index contributed by atoms with van der Waals surface area (Å²) in [5.41, 5.74) is 4.25. The summed E-state index contributed by atoms with van der Waals surface area (Å²) in [7, 11) is 0. The van der Waals surface area contributed by atoms with E-state index in [9.17, 15) is 9.90 Å². The lowest BCUT2D eigenvalue weighted by atomic mass is 9.92. The van der Waals surface area contributed by atoms with E-state index in [1.54, 1.807) is 0 Å². The van der Waals surface area contributed by atoms with Crippen LogP contribution in [0.1, 0.15) is 34.6 Å². The first-order valence-corrected chi connectivity index (χ1v) is 7.47. The van der Waals surface area contributed by atoms with E-state index in [4.69, 9.17) is 4.74 Å². The third-order valence-corrected chi connectivity index (χ3v) is 4.02. The van der Waals surface area contributed by atoms with Gasteiger partial charge in [0.1, 0.15) is 5.75 Å². The van der Waals surface area contributed by atoms with Crippen LogP contribution in [0, 0.1) is 20.8 Å². The molecule has 0 aliphatic carbocycles. The molecule has 0 radical (unpaired) electrons. The summed E-state index contributed by atoms with van der Waals surface area (Å²) in [5, 5.41) is 9.47. The van der Waals surface area contributed by atoms with E-state index in [1.807, 2.05) is 56.3 Å². The molecule has 2 aromatic carbocycles. The minimum Gasteiger partial charge on any atom is -0.494 e. The lowest BCUT2D eigenvalue weighted by Gasteiger charge is -2.16. The summed E-state index contributed by atoms with van der Waals surface area (Å²) in [5.74, 6) is -0.553. The first-order valence-electron chi connectivity index (χ1n) is 7.47.